The molecule has 4 heteroatoms. The van der Waals surface area contributed by atoms with E-state index in [0.717, 1.165) is 43.6 Å². The van der Waals surface area contributed by atoms with Gasteiger partial charge in [-0.25, -0.2) is 4.39 Å². The van der Waals surface area contributed by atoms with Gasteiger partial charge in [-0.1, -0.05) is 75.1 Å². The number of hydrogen-bond donors (Lipinski definition) is 0. The summed E-state index contributed by atoms with van der Waals surface area (Å²) in [6, 6.07) is 12.2. The Kier molecular flexibility index (Phi) is 12.0. The highest BCUT2D eigenvalue weighted by molar-refractivity contribution is 5.30. The molecule has 2 aliphatic rings. The van der Waals surface area contributed by atoms with Gasteiger partial charge in [0.25, 0.3) is 0 Å². The molecule has 2 aromatic rings. The molecule has 0 amide bonds. The van der Waals surface area contributed by atoms with Crippen LogP contribution in [0.15, 0.2) is 54.6 Å². The average Bonchev–Trinajstić information content (AvgIpc) is 2.98. The molecule has 0 aromatic heterocycles. The van der Waals surface area contributed by atoms with Gasteiger partial charge in [0.2, 0.25) is 0 Å². The molecule has 0 saturated heterocycles. The molecule has 1 unspecified atom stereocenters. The molecule has 2 aromatic carbocycles. The topological polar surface area (TPSA) is 9.23 Å². The monoisotopic (exact) mass is 568 g/mol. The Hall–Kier alpha value is -2.07. The van der Waals surface area contributed by atoms with Crippen LogP contribution >= 0.6 is 0 Å². The van der Waals surface area contributed by atoms with E-state index in [4.69, 9.17) is 4.74 Å². The molecule has 226 valence electrons. The maximum absolute atomic E-state index is 15.2. The van der Waals surface area contributed by atoms with Crippen molar-refractivity contribution in [3.05, 3.63) is 82.7 Å². The van der Waals surface area contributed by atoms with Crippen molar-refractivity contribution < 1.29 is 17.9 Å². The Bertz CT molecular complexity index is 1080. The number of halogens is 3. The van der Waals surface area contributed by atoms with Gasteiger partial charge in [-0.15, -0.1) is 0 Å². The minimum atomic E-state index is -3.71. The molecule has 2 saturated carbocycles. The lowest BCUT2D eigenvalue weighted by molar-refractivity contribution is -0.273. The number of benzene rings is 2. The lowest BCUT2D eigenvalue weighted by Crippen LogP contribution is -2.22. The molecule has 0 spiro atoms. The van der Waals surface area contributed by atoms with Crippen LogP contribution in [-0.4, -0.2) is 0 Å². The Morgan fingerprint density at radius 2 is 1.41 bits per heavy atom. The van der Waals surface area contributed by atoms with Crippen LogP contribution in [0.3, 0.4) is 0 Å². The molecule has 1 nitrogen and oxygen atoms in total. The van der Waals surface area contributed by atoms with Crippen molar-refractivity contribution in [2.45, 2.75) is 135 Å². The summed E-state index contributed by atoms with van der Waals surface area (Å²) in [7, 11) is 0. The lowest BCUT2D eigenvalue weighted by Gasteiger charge is -2.29. The molecule has 0 radical (unpaired) electrons. The zero-order chi connectivity index (χ0) is 29.2. The predicted octanol–water partition coefficient (Wildman–Crippen LogP) is 12.1. The van der Waals surface area contributed by atoms with E-state index >= 15 is 13.2 Å². The summed E-state index contributed by atoms with van der Waals surface area (Å²) >= 11 is 0. The maximum atomic E-state index is 15.2. The highest BCUT2D eigenvalue weighted by atomic mass is 19.3. The van der Waals surface area contributed by atoms with Gasteiger partial charge in [0.05, 0.1) is 11.7 Å². The van der Waals surface area contributed by atoms with Gasteiger partial charge in [0, 0.05) is 0 Å². The van der Waals surface area contributed by atoms with Gasteiger partial charge in [0.15, 0.2) is 0 Å². The number of rotatable bonds is 13. The summed E-state index contributed by atoms with van der Waals surface area (Å²) in [5.74, 6) is 1.46. The Balaban J connectivity index is 1.29. The first-order chi connectivity index (χ1) is 19.8. The molecule has 2 fully saturated rings. The number of unbranched alkanes of at least 4 members (excludes halogenated alkanes) is 2. The molecule has 1 atom stereocenters. The van der Waals surface area contributed by atoms with Gasteiger partial charge in [-0.3, -0.25) is 0 Å². The molecular weight excluding hydrogens is 517 g/mol. The first-order valence-corrected chi connectivity index (χ1v) is 16.4. The normalized spacial score (nSPS) is 24.5. The third-order valence-electron chi connectivity index (χ3n) is 9.87. The van der Waals surface area contributed by atoms with Gasteiger partial charge < -0.3 is 4.74 Å². The molecule has 41 heavy (non-hydrogen) atoms. The summed E-state index contributed by atoms with van der Waals surface area (Å²) in [5, 5.41) is 0. The highest BCUT2D eigenvalue weighted by Crippen LogP contribution is 2.42. The van der Waals surface area contributed by atoms with Crippen molar-refractivity contribution in [3.63, 3.8) is 0 Å². The Morgan fingerprint density at radius 3 is 2.00 bits per heavy atom. The Labute approximate surface area is 247 Å². The molecule has 4 rings (SSSR count). The minimum Gasteiger partial charge on any atom is -0.309 e. The zero-order valence-corrected chi connectivity index (χ0v) is 25.5. The van der Waals surface area contributed by atoms with Crippen LogP contribution in [0.25, 0.3) is 0 Å². The molecule has 0 bridgehead atoms. The summed E-state index contributed by atoms with van der Waals surface area (Å²) in [6.45, 7) is 5.91. The highest BCUT2D eigenvalue weighted by Gasteiger charge is 2.38. The van der Waals surface area contributed by atoms with Gasteiger partial charge >= 0.3 is 6.11 Å². The largest absolute Gasteiger partial charge is 0.386 e. The maximum Gasteiger partial charge on any atom is 0.386 e. The molecule has 0 aliphatic heterocycles. The number of alkyl halides is 2. The second kappa shape index (κ2) is 15.4. The van der Waals surface area contributed by atoms with Crippen molar-refractivity contribution >= 4 is 0 Å². The van der Waals surface area contributed by atoms with Crippen LogP contribution in [0.1, 0.15) is 151 Å². The predicted molar refractivity (Wildman–Crippen MR) is 164 cm³/mol. The number of hydrogen-bond acceptors (Lipinski definition) is 1. The second-order valence-electron chi connectivity index (χ2n) is 12.8. The SMILES string of the molecule is C/C=C/CCC1CCC(c2ccc(C(F)(F)OC(C)c3ccc(C4CCC(CCCCC)CC4)cc3)c(F)c2)CC1. The van der Waals surface area contributed by atoms with E-state index < -0.39 is 23.6 Å². The van der Waals surface area contributed by atoms with Crippen LogP contribution in [0.5, 0.6) is 0 Å². The van der Waals surface area contributed by atoms with Gasteiger partial charge in [-0.2, -0.15) is 8.78 Å². The van der Waals surface area contributed by atoms with E-state index in [1.54, 1.807) is 13.0 Å². The zero-order valence-electron chi connectivity index (χ0n) is 25.5. The van der Waals surface area contributed by atoms with E-state index in [-0.39, 0.29) is 5.92 Å². The van der Waals surface area contributed by atoms with E-state index in [1.807, 2.05) is 19.1 Å². The summed E-state index contributed by atoms with van der Waals surface area (Å²) < 4.78 is 50.6. The molecule has 0 heterocycles. The fourth-order valence-corrected chi connectivity index (χ4v) is 7.16. The average molecular weight is 569 g/mol. The molecular formula is C37H51F3O. The molecule has 2 aliphatic carbocycles. The van der Waals surface area contributed by atoms with Crippen LogP contribution in [0.2, 0.25) is 0 Å². The third-order valence-corrected chi connectivity index (χ3v) is 9.87. The first kappa shape index (κ1) is 31.9. The summed E-state index contributed by atoms with van der Waals surface area (Å²) in [6.07, 6.45) is 16.5. The van der Waals surface area contributed by atoms with Crippen LogP contribution < -0.4 is 0 Å². The minimum absolute atomic E-state index is 0.236. The first-order valence-electron chi connectivity index (χ1n) is 16.4. The molecule has 0 N–H and O–H groups in total. The van der Waals surface area contributed by atoms with E-state index in [0.29, 0.717) is 17.4 Å². The smallest absolute Gasteiger partial charge is 0.309 e. The van der Waals surface area contributed by atoms with Crippen molar-refractivity contribution in [2.24, 2.45) is 11.8 Å². The van der Waals surface area contributed by atoms with E-state index in [9.17, 15) is 0 Å². The number of ether oxygens (including phenoxy) is 1. The fraction of sp³-hybridized carbons (Fsp3) is 0.622. The van der Waals surface area contributed by atoms with E-state index in [2.05, 4.69) is 31.2 Å². The van der Waals surface area contributed by atoms with Gasteiger partial charge in [-0.05, 0) is 131 Å². The summed E-state index contributed by atoms with van der Waals surface area (Å²) in [5.41, 5.74) is 2.12. The van der Waals surface area contributed by atoms with Crippen molar-refractivity contribution in [1.82, 2.24) is 0 Å². The Morgan fingerprint density at radius 1 is 0.829 bits per heavy atom. The summed E-state index contributed by atoms with van der Waals surface area (Å²) in [4.78, 5) is 0. The second-order valence-corrected chi connectivity index (χ2v) is 12.8. The van der Waals surface area contributed by atoms with E-state index in [1.165, 1.54) is 75.5 Å². The van der Waals surface area contributed by atoms with Crippen LogP contribution in [0, 0.1) is 17.7 Å². The van der Waals surface area contributed by atoms with Crippen molar-refractivity contribution in [1.29, 1.82) is 0 Å². The lowest BCUT2D eigenvalue weighted by atomic mass is 9.77. The fourth-order valence-electron chi connectivity index (χ4n) is 7.16. The van der Waals surface area contributed by atoms with Crippen molar-refractivity contribution in [3.8, 4) is 0 Å². The third kappa shape index (κ3) is 8.96. The standard InChI is InChI=1S/C37H51F3O/c1-4-6-8-10-28-12-16-31(17-13-28)32-22-20-30(21-23-32)27(3)41-37(39,40)35-25-24-34(26-36(35)38)33-18-14-29(15-19-33)11-9-7-5-2/h5,7,20-29,31,33H,4,6,8-19H2,1-3H3/b7-5+. The number of allylic oxidation sites excluding steroid dienone is 2. The van der Waals surface area contributed by atoms with Crippen molar-refractivity contribution in [2.75, 3.05) is 0 Å². The van der Waals surface area contributed by atoms with Crippen LogP contribution in [-0.2, 0) is 10.8 Å². The quantitative estimate of drug-likeness (QED) is 0.172. The van der Waals surface area contributed by atoms with Gasteiger partial charge in [0.1, 0.15) is 5.82 Å². The van der Waals surface area contributed by atoms with Crippen LogP contribution in [0.4, 0.5) is 13.2 Å².